The highest BCUT2D eigenvalue weighted by Gasteiger charge is 2.12. The Morgan fingerprint density at radius 3 is 3.05 bits per heavy atom. The van der Waals surface area contributed by atoms with Gasteiger partial charge in [0.2, 0.25) is 0 Å². The molecule has 0 saturated heterocycles. The number of nitrogens with one attached hydrogen (secondary N) is 1. The molecule has 0 saturated carbocycles. The van der Waals surface area contributed by atoms with Crippen molar-refractivity contribution < 1.29 is 13.7 Å². The van der Waals surface area contributed by atoms with Crippen LogP contribution in [0.25, 0.3) is 0 Å². The molecule has 0 unspecified atom stereocenters. The highest BCUT2D eigenvalue weighted by Crippen LogP contribution is 2.13. The molecule has 0 fully saturated rings. The molecule has 1 aromatic carbocycles. The molecule has 19 heavy (non-hydrogen) atoms. The van der Waals surface area contributed by atoms with Gasteiger partial charge in [-0.25, -0.2) is 4.39 Å². The zero-order valence-corrected chi connectivity index (χ0v) is 9.81. The summed E-state index contributed by atoms with van der Waals surface area (Å²) >= 11 is 0. The van der Waals surface area contributed by atoms with Crippen LogP contribution in [0.1, 0.15) is 15.9 Å². The van der Waals surface area contributed by atoms with Gasteiger partial charge in [0.15, 0.2) is 0 Å². The number of hydrogen-bond acceptors (Lipinski definition) is 4. The molecule has 6 heteroatoms. The van der Waals surface area contributed by atoms with E-state index in [2.05, 4.69) is 26.8 Å². The molecular formula is C13H10FN3O2. The van der Waals surface area contributed by atoms with Gasteiger partial charge in [-0.15, -0.1) is 0 Å². The van der Waals surface area contributed by atoms with E-state index in [1.807, 2.05) is 0 Å². The number of nitrogens with zero attached hydrogens (tertiary/aromatic N) is 1. The number of benzene rings is 1. The van der Waals surface area contributed by atoms with E-state index in [4.69, 9.17) is 5.73 Å². The van der Waals surface area contributed by atoms with E-state index >= 15 is 0 Å². The van der Waals surface area contributed by atoms with Crippen molar-refractivity contribution >= 4 is 11.6 Å². The minimum absolute atomic E-state index is 0.127. The lowest BCUT2D eigenvalue weighted by Gasteiger charge is -2.04. The van der Waals surface area contributed by atoms with Crippen molar-refractivity contribution in [2.45, 2.75) is 0 Å². The number of nitrogens with two attached hydrogens (primary N) is 1. The van der Waals surface area contributed by atoms with E-state index in [9.17, 15) is 9.18 Å². The molecule has 1 heterocycles. The molecule has 1 aromatic heterocycles. The normalized spacial score (nSPS) is 9.58. The minimum Gasteiger partial charge on any atom is -0.363 e. The van der Waals surface area contributed by atoms with Crippen LogP contribution in [0.3, 0.4) is 0 Å². The van der Waals surface area contributed by atoms with Crippen LogP contribution in [0, 0.1) is 17.7 Å². The van der Waals surface area contributed by atoms with Crippen molar-refractivity contribution in [2.24, 2.45) is 5.73 Å². The molecule has 5 nitrogen and oxygen atoms in total. The third-order valence-corrected chi connectivity index (χ3v) is 2.24. The molecule has 0 aliphatic heterocycles. The van der Waals surface area contributed by atoms with Crippen molar-refractivity contribution in [3.8, 4) is 11.8 Å². The number of carbonyl (C=O) groups is 1. The molecule has 0 atom stereocenters. The molecule has 96 valence electrons. The summed E-state index contributed by atoms with van der Waals surface area (Å²) in [6, 6.07) is 3.78. The van der Waals surface area contributed by atoms with Gasteiger partial charge >= 0.3 is 0 Å². The van der Waals surface area contributed by atoms with Crippen LogP contribution < -0.4 is 11.1 Å². The van der Waals surface area contributed by atoms with Crippen LogP contribution in [-0.2, 0) is 0 Å². The first-order valence-electron chi connectivity index (χ1n) is 5.40. The van der Waals surface area contributed by atoms with E-state index in [1.165, 1.54) is 24.6 Å². The monoisotopic (exact) mass is 259 g/mol. The van der Waals surface area contributed by atoms with Crippen molar-refractivity contribution in [3.63, 3.8) is 0 Å². The highest BCUT2D eigenvalue weighted by molar-refractivity contribution is 6.05. The third-order valence-electron chi connectivity index (χ3n) is 2.24. The first-order valence-corrected chi connectivity index (χ1v) is 5.40. The van der Waals surface area contributed by atoms with Gasteiger partial charge in [0, 0.05) is 5.56 Å². The average Bonchev–Trinajstić information content (AvgIpc) is 2.90. The van der Waals surface area contributed by atoms with Crippen molar-refractivity contribution in [2.75, 3.05) is 11.9 Å². The fourth-order valence-electron chi connectivity index (χ4n) is 1.42. The summed E-state index contributed by atoms with van der Waals surface area (Å²) in [7, 11) is 0. The predicted molar refractivity (Wildman–Crippen MR) is 66.8 cm³/mol. The van der Waals surface area contributed by atoms with Crippen molar-refractivity contribution in [1.82, 2.24) is 5.16 Å². The Kier molecular flexibility index (Phi) is 3.90. The Balaban J connectivity index is 2.31. The Hall–Kier alpha value is -2.65. The SMILES string of the molecule is NCC#Cc1ccc(F)cc1C(=O)Nc1cnoc1. The number of halogens is 1. The Labute approximate surface area is 108 Å². The fourth-order valence-corrected chi connectivity index (χ4v) is 1.42. The number of carbonyl (C=O) groups excluding carboxylic acids is 1. The van der Waals surface area contributed by atoms with Crippen LogP contribution in [0.4, 0.5) is 10.1 Å². The van der Waals surface area contributed by atoms with Gasteiger partial charge < -0.3 is 15.6 Å². The summed E-state index contributed by atoms with van der Waals surface area (Å²) in [5.41, 5.74) is 6.19. The predicted octanol–water partition coefficient (Wildman–Crippen LogP) is 1.38. The molecule has 0 bridgehead atoms. The zero-order valence-electron chi connectivity index (χ0n) is 9.81. The fraction of sp³-hybridized carbons (Fsp3) is 0.0769. The Morgan fingerprint density at radius 1 is 1.53 bits per heavy atom. The second-order valence-electron chi connectivity index (χ2n) is 3.56. The number of anilines is 1. The zero-order chi connectivity index (χ0) is 13.7. The maximum Gasteiger partial charge on any atom is 0.257 e. The standard InChI is InChI=1S/C13H10FN3O2/c14-10-4-3-9(2-1-5-15)12(6-10)13(18)17-11-7-16-19-8-11/h3-4,6-8H,5,15H2,(H,17,18). The molecule has 1 amide bonds. The molecule has 2 aromatic rings. The quantitative estimate of drug-likeness (QED) is 0.798. The largest absolute Gasteiger partial charge is 0.363 e. The molecular weight excluding hydrogens is 249 g/mol. The second-order valence-corrected chi connectivity index (χ2v) is 3.56. The van der Waals surface area contributed by atoms with Crippen LogP contribution >= 0.6 is 0 Å². The average molecular weight is 259 g/mol. The maximum atomic E-state index is 13.2. The number of rotatable bonds is 2. The first-order chi connectivity index (χ1) is 9.20. The number of hydrogen-bond donors (Lipinski definition) is 2. The van der Waals surface area contributed by atoms with Crippen LogP contribution in [-0.4, -0.2) is 17.6 Å². The lowest BCUT2D eigenvalue weighted by Crippen LogP contribution is -2.13. The lowest BCUT2D eigenvalue weighted by atomic mass is 10.1. The van der Waals surface area contributed by atoms with E-state index in [1.54, 1.807) is 0 Å². The molecule has 0 radical (unpaired) electrons. The van der Waals surface area contributed by atoms with Gasteiger partial charge in [-0.05, 0) is 18.2 Å². The van der Waals surface area contributed by atoms with E-state index in [0.29, 0.717) is 11.3 Å². The van der Waals surface area contributed by atoms with E-state index in [-0.39, 0.29) is 12.1 Å². The summed E-state index contributed by atoms with van der Waals surface area (Å²) in [5.74, 6) is 4.33. The molecule has 2 rings (SSSR count). The molecule has 3 N–H and O–H groups in total. The van der Waals surface area contributed by atoms with E-state index < -0.39 is 11.7 Å². The van der Waals surface area contributed by atoms with Gasteiger partial charge in [0.25, 0.3) is 5.91 Å². The highest BCUT2D eigenvalue weighted by atomic mass is 19.1. The van der Waals surface area contributed by atoms with Crippen LogP contribution in [0.5, 0.6) is 0 Å². The van der Waals surface area contributed by atoms with Crippen LogP contribution in [0.2, 0.25) is 0 Å². The van der Waals surface area contributed by atoms with Gasteiger partial charge in [0.1, 0.15) is 17.8 Å². The summed E-state index contributed by atoms with van der Waals surface area (Å²) in [5, 5.41) is 5.97. The van der Waals surface area contributed by atoms with Gasteiger partial charge in [-0.1, -0.05) is 17.0 Å². The van der Waals surface area contributed by atoms with Gasteiger partial charge in [-0.2, -0.15) is 0 Å². The molecule has 0 aliphatic carbocycles. The minimum atomic E-state index is -0.520. The Bertz CT molecular complexity index is 642. The van der Waals surface area contributed by atoms with Gasteiger partial charge in [0.05, 0.1) is 18.3 Å². The van der Waals surface area contributed by atoms with Crippen LogP contribution in [0.15, 0.2) is 35.2 Å². The molecule has 0 spiro atoms. The summed E-state index contributed by atoms with van der Waals surface area (Å²) in [6.07, 6.45) is 2.60. The van der Waals surface area contributed by atoms with Crippen molar-refractivity contribution in [3.05, 3.63) is 47.6 Å². The molecule has 0 aliphatic rings. The summed E-state index contributed by atoms with van der Waals surface area (Å²) < 4.78 is 17.8. The van der Waals surface area contributed by atoms with E-state index in [0.717, 1.165) is 6.07 Å². The summed E-state index contributed by atoms with van der Waals surface area (Å²) in [6.45, 7) is 0.157. The summed E-state index contributed by atoms with van der Waals surface area (Å²) in [4.78, 5) is 12.0. The topological polar surface area (TPSA) is 81.2 Å². The maximum absolute atomic E-state index is 13.2. The third kappa shape index (κ3) is 3.18. The second kappa shape index (κ2) is 5.80. The number of amides is 1. The Morgan fingerprint density at radius 2 is 2.37 bits per heavy atom. The first kappa shape index (κ1) is 12.8. The smallest absolute Gasteiger partial charge is 0.257 e. The van der Waals surface area contributed by atoms with Crippen molar-refractivity contribution in [1.29, 1.82) is 0 Å². The lowest BCUT2D eigenvalue weighted by molar-refractivity contribution is 0.102. The number of aromatic nitrogens is 1. The van der Waals surface area contributed by atoms with Gasteiger partial charge in [-0.3, -0.25) is 4.79 Å².